The zero-order valence-corrected chi connectivity index (χ0v) is 15.0. The molecule has 1 aromatic carbocycles. The number of esters is 2. The van der Waals surface area contributed by atoms with E-state index < -0.39 is 29.4 Å². The Morgan fingerprint density at radius 2 is 1.81 bits per heavy atom. The minimum atomic E-state index is -0.934. The van der Waals surface area contributed by atoms with Crippen LogP contribution in [0.3, 0.4) is 0 Å². The third-order valence-corrected chi connectivity index (χ3v) is 4.81. The summed E-state index contributed by atoms with van der Waals surface area (Å²) in [4.78, 5) is 49.8. The van der Waals surface area contributed by atoms with Crippen LogP contribution in [-0.4, -0.2) is 47.9 Å². The van der Waals surface area contributed by atoms with Crippen LogP contribution >= 0.6 is 0 Å². The molecule has 2 heterocycles. The average Bonchev–Trinajstić information content (AvgIpc) is 3.01. The van der Waals surface area contributed by atoms with Gasteiger partial charge in [-0.1, -0.05) is 32.9 Å². The quantitative estimate of drug-likeness (QED) is 0.588. The fourth-order valence-corrected chi connectivity index (χ4v) is 3.05. The Kier molecular flexibility index (Phi) is 4.56. The van der Waals surface area contributed by atoms with Crippen LogP contribution in [0.4, 0.5) is 0 Å². The maximum Gasteiger partial charge on any atom is 0.348 e. The largest absolute Gasteiger partial charge is 0.462 e. The summed E-state index contributed by atoms with van der Waals surface area (Å²) in [6.45, 7) is 5.54. The van der Waals surface area contributed by atoms with Crippen LogP contribution in [0.25, 0.3) is 0 Å². The maximum atomic E-state index is 12.3. The molecule has 26 heavy (non-hydrogen) atoms. The molecular weight excluding hydrogens is 338 g/mol. The van der Waals surface area contributed by atoms with E-state index in [1.807, 2.05) is 0 Å². The van der Waals surface area contributed by atoms with Crippen molar-refractivity contribution in [2.45, 2.75) is 33.3 Å². The highest BCUT2D eigenvalue weighted by Crippen LogP contribution is 2.32. The first-order chi connectivity index (χ1) is 12.2. The fourth-order valence-electron chi connectivity index (χ4n) is 3.05. The number of carbonyl (C=O) groups is 4. The summed E-state index contributed by atoms with van der Waals surface area (Å²) in [5.74, 6) is -2.36. The van der Waals surface area contributed by atoms with Gasteiger partial charge >= 0.3 is 11.9 Å². The Bertz CT molecular complexity index is 749. The number of imide groups is 1. The number of carbonyl (C=O) groups excluding carboxylic acids is 4. The molecule has 0 radical (unpaired) electrons. The molecule has 0 saturated carbocycles. The predicted octanol–water partition coefficient (Wildman–Crippen LogP) is 1.80. The molecule has 1 fully saturated rings. The molecule has 2 aliphatic rings. The number of fused-ring (bicyclic) bond motifs is 1. The minimum absolute atomic E-state index is 0.112. The Morgan fingerprint density at radius 3 is 2.31 bits per heavy atom. The average molecular weight is 359 g/mol. The molecule has 2 amide bonds. The molecular formula is C19H21NO6. The number of ether oxygens (including phenoxy) is 2. The first-order valence-electron chi connectivity index (χ1n) is 8.55. The lowest BCUT2D eigenvalue weighted by atomic mass is 9.89. The van der Waals surface area contributed by atoms with E-state index in [1.165, 1.54) is 0 Å². The molecule has 7 nitrogen and oxygen atoms in total. The molecule has 2 aliphatic heterocycles. The van der Waals surface area contributed by atoms with Gasteiger partial charge in [0.2, 0.25) is 6.10 Å². The van der Waals surface area contributed by atoms with Gasteiger partial charge in [-0.05, 0) is 18.6 Å². The van der Waals surface area contributed by atoms with E-state index in [4.69, 9.17) is 9.47 Å². The second-order valence-corrected chi connectivity index (χ2v) is 7.41. The van der Waals surface area contributed by atoms with Crippen molar-refractivity contribution in [3.63, 3.8) is 0 Å². The smallest absolute Gasteiger partial charge is 0.348 e. The molecule has 1 saturated heterocycles. The molecule has 1 aromatic rings. The molecule has 7 heteroatoms. The summed E-state index contributed by atoms with van der Waals surface area (Å²) in [7, 11) is 0. The third-order valence-electron chi connectivity index (χ3n) is 4.81. The summed E-state index contributed by atoms with van der Waals surface area (Å²) in [5, 5.41) is 0. The molecule has 2 atom stereocenters. The number of cyclic esters (lactones) is 1. The zero-order valence-electron chi connectivity index (χ0n) is 15.0. The molecule has 0 unspecified atom stereocenters. The summed E-state index contributed by atoms with van der Waals surface area (Å²) < 4.78 is 10.3. The van der Waals surface area contributed by atoms with Crippen LogP contribution in [0.15, 0.2) is 24.3 Å². The van der Waals surface area contributed by atoms with Gasteiger partial charge in [-0.25, -0.2) is 4.79 Å². The highest BCUT2D eigenvalue weighted by Gasteiger charge is 2.47. The minimum Gasteiger partial charge on any atom is -0.462 e. The van der Waals surface area contributed by atoms with Crippen molar-refractivity contribution >= 4 is 23.8 Å². The number of hydrogen-bond donors (Lipinski definition) is 0. The standard InChI is InChI=1S/C19H21NO6/c1-11(17(23)26-14-18(24)25-10-19(14,2)3)8-9-20-15(21)12-6-4-5-7-13(12)16(20)22/h4-7,11,14H,8-10H2,1-3H3/t11-,14-/m0/s1. The Labute approximate surface area is 151 Å². The molecule has 0 N–H and O–H groups in total. The van der Waals surface area contributed by atoms with E-state index in [2.05, 4.69) is 0 Å². The van der Waals surface area contributed by atoms with Crippen molar-refractivity contribution in [1.29, 1.82) is 0 Å². The maximum absolute atomic E-state index is 12.3. The molecule has 0 spiro atoms. The van der Waals surface area contributed by atoms with E-state index in [9.17, 15) is 19.2 Å². The summed E-state index contributed by atoms with van der Waals surface area (Å²) in [6, 6.07) is 6.63. The molecule has 0 bridgehead atoms. The van der Waals surface area contributed by atoms with Crippen molar-refractivity contribution in [2.75, 3.05) is 13.2 Å². The van der Waals surface area contributed by atoms with Crippen LogP contribution in [0.2, 0.25) is 0 Å². The van der Waals surface area contributed by atoms with Gasteiger partial charge in [0.15, 0.2) is 0 Å². The number of benzene rings is 1. The van der Waals surface area contributed by atoms with Gasteiger partial charge in [0, 0.05) is 12.0 Å². The van der Waals surface area contributed by atoms with E-state index >= 15 is 0 Å². The first kappa shape index (κ1) is 18.1. The Morgan fingerprint density at radius 1 is 1.23 bits per heavy atom. The van der Waals surface area contributed by atoms with Crippen molar-refractivity contribution < 1.29 is 28.7 Å². The van der Waals surface area contributed by atoms with Crippen molar-refractivity contribution in [3.8, 4) is 0 Å². The second-order valence-electron chi connectivity index (χ2n) is 7.41. The summed E-state index contributed by atoms with van der Waals surface area (Å²) >= 11 is 0. The SMILES string of the molecule is C[C@@H](CCN1C(=O)c2ccccc2C1=O)C(=O)O[C@H]1C(=O)OCC1(C)C. The second kappa shape index (κ2) is 6.55. The number of nitrogens with zero attached hydrogens (tertiary/aromatic N) is 1. The Hall–Kier alpha value is -2.70. The number of hydrogen-bond acceptors (Lipinski definition) is 6. The molecule has 3 rings (SSSR count). The first-order valence-corrected chi connectivity index (χ1v) is 8.55. The lowest BCUT2D eigenvalue weighted by Crippen LogP contribution is -2.37. The van der Waals surface area contributed by atoms with Crippen LogP contribution in [0, 0.1) is 11.3 Å². The van der Waals surface area contributed by atoms with Crippen LogP contribution in [-0.2, 0) is 19.1 Å². The van der Waals surface area contributed by atoms with Crippen molar-refractivity contribution in [3.05, 3.63) is 35.4 Å². The predicted molar refractivity (Wildman–Crippen MR) is 90.2 cm³/mol. The van der Waals surface area contributed by atoms with E-state index in [0.717, 1.165) is 4.90 Å². The van der Waals surface area contributed by atoms with Crippen LogP contribution in [0.5, 0.6) is 0 Å². The topological polar surface area (TPSA) is 90.0 Å². The van der Waals surface area contributed by atoms with Gasteiger partial charge < -0.3 is 9.47 Å². The van der Waals surface area contributed by atoms with Crippen molar-refractivity contribution in [2.24, 2.45) is 11.3 Å². The Balaban J connectivity index is 1.59. The van der Waals surface area contributed by atoms with Gasteiger partial charge in [0.1, 0.15) is 6.61 Å². The highest BCUT2D eigenvalue weighted by atomic mass is 16.6. The molecule has 0 aromatic heterocycles. The van der Waals surface area contributed by atoms with Crippen LogP contribution in [0.1, 0.15) is 47.9 Å². The van der Waals surface area contributed by atoms with E-state index in [-0.39, 0.29) is 31.4 Å². The highest BCUT2D eigenvalue weighted by molar-refractivity contribution is 6.21. The van der Waals surface area contributed by atoms with Gasteiger partial charge in [-0.15, -0.1) is 0 Å². The van der Waals surface area contributed by atoms with Crippen LogP contribution < -0.4 is 0 Å². The zero-order chi connectivity index (χ0) is 19.1. The summed E-state index contributed by atoms with van der Waals surface area (Å²) in [5.41, 5.74) is 0.181. The molecule has 0 aliphatic carbocycles. The van der Waals surface area contributed by atoms with Gasteiger partial charge in [-0.2, -0.15) is 0 Å². The van der Waals surface area contributed by atoms with Gasteiger partial charge in [-0.3, -0.25) is 19.3 Å². The lowest BCUT2D eigenvalue weighted by molar-refractivity contribution is -0.166. The summed E-state index contributed by atoms with van der Waals surface area (Å²) in [6.07, 6.45) is -0.677. The third kappa shape index (κ3) is 3.09. The monoisotopic (exact) mass is 359 g/mol. The number of amides is 2. The van der Waals surface area contributed by atoms with Crippen molar-refractivity contribution in [1.82, 2.24) is 4.90 Å². The molecule has 138 valence electrons. The van der Waals surface area contributed by atoms with Gasteiger partial charge in [0.05, 0.1) is 17.0 Å². The number of rotatable bonds is 5. The fraction of sp³-hybridized carbons (Fsp3) is 0.474. The van der Waals surface area contributed by atoms with Gasteiger partial charge in [0.25, 0.3) is 11.8 Å². The van der Waals surface area contributed by atoms with E-state index in [0.29, 0.717) is 11.1 Å². The normalized spacial score (nSPS) is 22.2. The lowest BCUT2D eigenvalue weighted by Gasteiger charge is -2.23. The van der Waals surface area contributed by atoms with E-state index in [1.54, 1.807) is 45.0 Å².